The number of ketones is 1. The molecule has 2 aromatic rings. The van der Waals surface area contributed by atoms with Gasteiger partial charge in [0.2, 0.25) is 11.6 Å². The number of hydrogen-bond donors (Lipinski definition) is 0. The molecule has 0 aromatic heterocycles. The lowest BCUT2D eigenvalue weighted by Gasteiger charge is -2.67. The number of ether oxygens (including phenoxy) is 3. The van der Waals surface area contributed by atoms with Gasteiger partial charge in [-0.25, -0.2) is 9.18 Å². The van der Waals surface area contributed by atoms with Crippen LogP contribution in [0.4, 0.5) is 10.1 Å². The van der Waals surface area contributed by atoms with Crippen molar-refractivity contribution in [3.8, 4) is 0 Å². The molecule has 3 saturated carbocycles. The van der Waals surface area contributed by atoms with Crippen molar-refractivity contribution >= 4 is 17.4 Å². The highest BCUT2D eigenvalue weighted by Crippen LogP contribution is 2.73. The molecule has 2 aromatic carbocycles. The summed E-state index contributed by atoms with van der Waals surface area (Å²) in [6, 6.07) is 12.0. The summed E-state index contributed by atoms with van der Waals surface area (Å²) in [5.41, 5.74) is 0.614. The molecule has 7 rings (SSSR count). The summed E-state index contributed by atoms with van der Waals surface area (Å²) in [6.45, 7) is 6.52. The number of methoxy groups -OCH3 is 2. The third kappa shape index (κ3) is 4.07. The number of allylic oxidation sites excluding steroid dienone is 1. The zero-order valence-electron chi connectivity index (χ0n) is 25.2. The van der Waals surface area contributed by atoms with E-state index in [2.05, 4.69) is 26.8 Å². The number of benzene rings is 2. The van der Waals surface area contributed by atoms with E-state index in [-0.39, 0.29) is 52.1 Å². The van der Waals surface area contributed by atoms with Crippen LogP contribution in [-0.2, 0) is 19.0 Å². The van der Waals surface area contributed by atoms with Crippen molar-refractivity contribution < 1.29 is 33.1 Å². The lowest BCUT2D eigenvalue weighted by molar-refractivity contribution is -0.384. The number of hydrogen-bond acceptors (Lipinski definition) is 7. The molecule has 0 amide bonds. The SMILES string of the molecule is COC1(OC)C(=O)[C@@]23CC[C@H]4C(C)(C)[C@@H](OC(=O)c5ccc([N+](=O)[O-])cc5)CC[C@]4(C)C2=C[C@@H]1C[C@@H]3c1ccc(F)cc1. The first-order valence-electron chi connectivity index (χ1n) is 14.9. The van der Waals surface area contributed by atoms with Crippen molar-refractivity contribution in [3.05, 3.63) is 87.2 Å². The van der Waals surface area contributed by atoms with E-state index in [9.17, 15) is 24.1 Å². The molecule has 8 nitrogen and oxygen atoms in total. The topological polar surface area (TPSA) is 105 Å². The maximum absolute atomic E-state index is 14.7. The van der Waals surface area contributed by atoms with Crippen LogP contribution in [0, 0.1) is 44.0 Å². The van der Waals surface area contributed by atoms with E-state index >= 15 is 0 Å². The highest BCUT2D eigenvalue weighted by molar-refractivity contribution is 5.98. The van der Waals surface area contributed by atoms with Crippen molar-refractivity contribution in [2.45, 2.75) is 70.7 Å². The molecule has 0 aliphatic heterocycles. The molecule has 0 heterocycles. The first kappa shape index (κ1) is 29.6. The molecular weight excluding hydrogens is 553 g/mol. The maximum Gasteiger partial charge on any atom is 0.338 e. The van der Waals surface area contributed by atoms with Gasteiger partial charge in [0, 0.05) is 43.6 Å². The van der Waals surface area contributed by atoms with E-state index in [0.29, 0.717) is 19.3 Å². The van der Waals surface area contributed by atoms with Crippen LogP contribution in [-0.4, -0.2) is 42.8 Å². The minimum Gasteiger partial charge on any atom is -0.458 e. The molecule has 3 fully saturated rings. The van der Waals surface area contributed by atoms with Crippen molar-refractivity contribution in [3.63, 3.8) is 0 Å². The van der Waals surface area contributed by atoms with Crippen LogP contribution in [0.3, 0.4) is 0 Å². The molecule has 1 spiro atoms. The fraction of sp³-hybridized carbons (Fsp3) is 0.529. The molecule has 5 aliphatic carbocycles. The van der Waals surface area contributed by atoms with Gasteiger partial charge in [-0.2, -0.15) is 0 Å². The van der Waals surface area contributed by atoms with Crippen molar-refractivity contribution in [2.24, 2.45) is 28.1 Å². The van der Waals surface area contributed by atoms with Gasteiger partial charge in [-0.15, -0.1) is 0 Å². The van der Waals surface area contributed by atoms with E-state index in [1.165, 1.54) is 50.6 Å². The van der Waals surface area contributed by atoms with Gasteiger partial charge < -0.3 is 14.2 Å². The van der Waals surface area contributed by atoms with Gasteiger partial charge in [-0.3, -0.25) is 14.9 Å². The quantitative estimate of drug-likeness (QED) is 0.120. The molecule has 43 heavy (non-hydrogen) atoms. The average Bonchev–Trinajstić information content (AvgIpc) is 2.99. The van der Waals surface area contributed by atoms with Gasteiger partial charge in [0.25, 0.3) is 5.69 Å². The number of rotatable bonds is 6. The lowest BCUT2D eigenvalue weighted by Crippen LogP contribution is -2.69. The Bertz CT molecular complexity index is 1500. The van der Waals surface area contributed by atoms with E-state index in [4.69, 9.17) is 14.2 Å². The second kappa shape index (κ2) is 10.1. The highest BCUT2D eigenvalue weighted by Gasteiger charge is 2.72. The van der Waals surface area contributed by atoms with Crippen LogP contribution in [0.1, 0.15) is 74.7 Å². The minimum absolute atomic E-state index is 0.0581. The lowest BCUT2D eigenvalue weighted by atomic mass is 9.37. The number of halogens is 1. The molecular formula is C34H38FNO7. The largest absolute Gasteiger partial charge is 0.458 e. The first-order valence-corrected chi connectivity index (χ1v) is 14.9. The number of nitrogens with zero attached hydrogens (tertiary/aromatic N) is 1. The third-order valence-corrected chi connectivity index (χ3v) is 11.5. The van der Waals surface area contributed by atoms with Gasteiger partial charge in [-0.05, 0) is 73.3 Å². The van der Waals surface area contributed by atoms with Crippen molar-refractivity contribution in [2.75, 3.05) is 14.2 Å². The van der Waals surface area contributed by atoms with Crippen LogP contribution in [0.15, 0.2) is 60.2 Å². The number of nitro benzene ring substituents is 1. The van der Waals surface area contributed by atoms with Crippen LogP contribution in [0.2, 0.25) is 0 Å². The fourth-order valence-electron chi connectivity index (χ4n) is 9.43. The van der Waals surface area contributed by atoms with E-state index in [0.717, 1.165) is 24.0 Å². The van der Waals surface area contributed by atoms with Crippen LogP contribution < -0.4 is 0 Å². The zero-order chi connectivity index (χ0) is 30.9. The Hall–Kier alpha value is -3.43. The molecule has 228 valence electrons. The van der Waals surface area contributed by atoms with Crippen LogP contribution >= 0.6 is 0 Å². The summed E-state index contributed by atoms with van der Waals surface area (Å²) in [7, 11) is 3.06. The Morgan fingerprint density at radius 2 is 1.63 bits per heavy atom. The van der Waals surface area contributed by atoms with E-state index in [1.807, 2.05) is 0 Å². The van der Waals surface area contributed by atoms with Gasteiger partial charge in [0.1, 0.15) is 11.9 Å². The predicted molar refractivity (Wildman–Crippen MR) is 156 cm³/mol. The second-order valence-electron chi connectivity index (χ2n) is 13.5. The predicted octanol–water partition coefficient (Wildman–Crippen LogP) is 6.78. The third-order valence-electron chi connectivity index (χ3n) is 11.5. The standard InChI is InChI=1S/C34H38FNO7/c1-31(2)26-14-17-33-25(20-6-10-23(35)11-7-20)18-22(34(41-4,42-5)30(33)38)19-27(33)32(26,3)16-15-28(31)43-29(37)21-8-12-24(13-9-21)36(39)40/h6-13,19,22,25-26,28H,14-18H2,1-5H3/t22-,25+,26-,28-,32-,33+/m0/s1. The number of esters is 1. The molecule has 9 heteroatoms. The van der Waals surface area contributed by atoms with Gasteiger partial charge in [0.15, 0.2) is 0 Å². The molecule has 0 radical (unpaired) electrons. The smallest absolute Gasteiger partial charge is 0.338 e. The van der Waals surface area contributed by atoms with Gasteiger partial charge in [-0.1, -0.05) is 44.6 Å². The fourth-order valence-corrected chi connectivity index (χ4v) is 9.43. The number of carbonyl (C=O) groups is 2. The summed E-state index contributed by atoms with van der Waals surface area (Å²) in [5, 5.41) is 11.0. The molecule has 6 atom stereocenters. The minimum atomic E-state index is -1.36. The Kier molecular flexibility index (Phi) is 6.93. The second-order valence-corrected chi connectivity index (χ2v) is 13.5. The zero-order valence-corrected chi connectivity index (χ0v) is 25.2. The maximum atomic E-state index is 14.7. The van der Waals surface area contributed by atoms with Crippen molar-refractivity contribution in [1.29, 1.82) is 0 Å². The molecule has 0 saturated heterocycles. The summed E-state index contributed by atoms with van der Waals surface area (Å²) >= 11 is 0. The first-order chi connectivity index (χ1) is 20.3. The van der Waals surface area contributed by atoms with Gasteiger partial charge >= 0.3 is 5.97 Å². The Morgan fingerprint density at radius 3 is 2.23 bits per heavy atom. The average molecular weight is 592 g/mol. The number of non-ortho nitro benzene ring substituents is 1. The Labute approximate surface area is 250 Å². The summed E-state index contributed by atoms with van der Waals surface area (Å²) < 4.78 is 31.8. The molecule has 0 unspecified atom stereocenters. The molecule has 5 aliphatic rings. The normalized spacial score (nSPS) is 33.6. The van der Waals surface area contributed by atoms with Crippen molar-refractivity contribution in [1.82, 2.24) is 0 Å². The van der Waals surface area contributed by atoms with Gasteiger partial charge in [0.05, 0.1) is 15.9 Å². The number of Topliss-reactive ketones (excluding diaryl/α,β-unsaturated/α-hetero) is 1. The van der Waals surface area contributed by atoms with Crippen LogP contribution in [0.25, 0.3) is 0 Å². The number of nitro groups is 1. The Balaban J connectivity index is 1.36. The molecule has 2 bridgehead atoms. The van der Waals surface area contributed by atoms with Crippen LogP contribution in [0.5, 0.6) is 0 Å². The summed E-state index contributed by atoms with van der Waals surface area (Å²) in [5.74, 6) is -2.57. The monoisotopic (exact) mass is 591 g/mol. The Morgan fingerprint density at radius 1 is 0.977 bits per heavy atom. The number of carbonyl (C=O) groups excluding carboxylic acids is 2. The number of fused-ring (bicyclic) bond motifs is 3. The molecule has 0 N–H and O–H groups in total. The highest BCUT2D eigenvalue weighted by atomic mass is 19.1. The summed E-state index contributed by atoms with van der Waals surface area (Å²) in [4.78, 5) is 38.4. The van der Waals surface area contributed by atoms with E-state index < -0.39 is 27.5 Å². The summed E-state index contributed by atoms with van der Waals surface area (Å²) in [6.07, 6.45) is 5.14. The van der Waals surface area contributed by atoms with E-state index in [1.54, 1.807) is 12.1 Å².